The van der Waals surface area contributed by atoms with E-state index < -0.39 is 0 Å². The van der Waals surface area contributed by atoms with Crippen molar-refractivity contribution in [2.24, 2.45) is 5.41 Å². The molecule has 0 aliphatic carbocycles. The van der Waals surface area contributed by atoms with Crippen LogP contribution in [0.3, 0.4) is 0 Å². The average molecular weight is 290 g/mol. The third kappa shape index (κ3) is 7.49. The van der Waals surface area contributed by atoms with Gasteiger partial charge in [0, 0.05) is 24.9 Å². The molecule has 0 atom stereocenters. The molecule has 0 aliphatic rings. The van der Waals surface area contributed by atoms with Crippen molar-refractivity contribution in [3.63, 3.8) is 0 Å². The molecule has 4 nitrogen and oxygen atoms in total. The second-order valence-electron chi connectivity index (χ2n) is 6.20. The number of amides is 2. The summed E-state index contributed by atoms with van der Waals surface area (Å²) in [7, 11) is 0. The molecule has 1 rings (SSSR count). The molecule has 116 valence electrons. The first-order valence-electron chi connectivity index (χ1n) is 7.48. The largest absolute Gasteiger partial charge is 0.356 e. The number of nitrogens with one attached hydrogen (secondary N) is 2. The van der Waals surface area contributed by atoms with Gasteiger partial charge in [0.1, 0.15) is 0 Å². The van der Waals surface area contributed by atoms with Gasteiger partial charge in [-0.25, -0.2) is 0 Å². The topological polar surface area (TPSA) is 58.2 Å². The Morgan fingerprint density at radius 1 is 1.00 bits per heavy atom. The lowest BCUT2D eigenvalue weighted by atomic mass is 9.96. The minimum Gasteiger partial charge on any atom is -0.356 e. The first kappa shape index (κ1) is 17.2. The van der Waals surface area contributed by atoms with E-state index in [1.54, 1.807) is 0 Å². The van der Waals surface area contributed by atoms with Crippen molar-refractivity contribution in [1.82, 2.24) is 10.6 Å². The minimum absolute atomic E-state index is 0.0204. The van der Waals surface area contributed by atoms with Gasteiger partial charge in [-0.3, -0.25) is 9.59 Å². The third-order valence-electron chi connectivity index (χ3n) is 3.13. The predicted molar refractivity (Wildman–Crippen MR) is 84.9 cm³/mol. The molecule has 0 aliphatic heterocycles. The van der Waals surface area contributed by atoms with Crippen LogP contribution in [0.5, 0.6) is 0 Å². The highest BCUT2D eigenvalue weighted by atomic mass is 16.2. The van der Waals surface area contributed by atoms with Gasteiger partial charge in [-0.05, 0) is 18.4 Å². The van der Waals surface area contributed by atoms with Gasteiger partial charge in [0.05, 0.1) is 0 Å². The lowest BCUT2D eigenvalue weighted by molar-refractivity contribution is -0.128. The van der Waals surface area contributed by atoms with Crippen molar-refractivity contribution in [1.29, 1.82) is 0 Å². The second-order valence-corrected chi connectivity index (χ2v) is 6.20. The summed E-state index contributed by atoms with van der Waals surface area (Å²) in [5, 5.41) is 5.74. The normalized spacial score (nSPS) is 11.0. The molecular formula is C17H26N2O2. The number of benzene rings is 1. The first-order chi connectivity index (χ1) is 9.89. The van der Waals surface area contributed by atoms with E-state index in [1.165, 1.54) is 5.56 Å². The summed E-state index contributed by atoms with van der Waals surface area (Å²) in [6, 6.07) is 10.1. The molecule has 1 aromatic rings. The van der Waals surface area contributed by atoms with Crippen LogP contribution in [0.4, 0.5) is 0 Å². The average Bonchev–Trinajstić information content (AvgIpc) is 2.43. The molecule has 0 heterocycles. The van der Waals surface area contributed by atoms with Gasteiger partial charge in [-0.15, -0.1) is 0 Å². The predicted octanol–water partition coefficient (Wildman–Crippen LogP) is 2.29. The first-order valence-corrected chi connectivity index (χ1v) is 7.48. The summed E-state index contributed by atoms with van der Waals surface area (Å²) in [5.41, 5.74) is 0.841. The number of rotatable bonds is 7. The highest BCUT2D eigenvalue weighted by molar-refractivity contribution is 5.81. The van der Waals surface area contributed by atoms with Crippen LogP contribution in [-0.4, -0.2) is 24.9 Å². The van der Waals surface area contributed by atoms with E-state index in [9.17, 15) is 9.59 Å². The molecule has 2 N–H and O–H groups in total. The van der Waals surface area contributed by atoms with E-state index in [-0.39, 0.29) is 17.2 Å². The Bertz CT molecular complexity index is 450. The summed E-state index contributed by atoms with van der Waals surface area (Å²) < 4.78 is 0. The van der Waals surface area contributed by atoms with Crippen LogP contribution in [0, 0.1) is 5.41 Å². The smallest absolute Gasteiger partial charge is 0.225 e. The van der Waals surface area contributed by atoms with Gasteiger partial charge in [-0.1, -0.05) is 51.1 Å². The Hall–Kier alpha value is -1.84. The van der Waals surface area contributed by atoms with Crippen molar-refractivity contribution in [2.75, 3.05) is 13.1 Å². The van der Waals surface area contributed by atoms with Crippen LogP contribution in [0.1, 0.15) is 39.2 Å². The Morgan fingerprint density at radius 2 is 1.67 bits per heavy atom. The summed E-state index contributed by atoms with van der Waals surface area (Å²) in [6.07, 6.45) is 1.95. The van der Waals surface area contributed by atoms with E-state index in [2.05, 4.69) is 10.6 Å². The number of carbonyl (C=O) groups is 2. The standard InChI is InChI=1S/C17H26N2O2/c1-17(2,3)16(21)19-12-7-10-15(20)18-13-11-14-8-5-4-6-9-14/h4-6,8-9H,7,10-13H2,1-3H3,(H,18,20)(H,19,21). The monoisotopic (exact) mass is 290 g/mol. The van der Waals surface area contributed by atoms with Gasteiger partial charge in [0.15, 0.2) is 0 Å². The minimum atomic E-state index is -0.377. The maximum atomic E-state index is 11.7. The Morgan fingerprint density at radius 3 is 2.29 bits per heavy atom. The molecule has 0 unspecified atom stereocenters. The molecule has 2 amide bonds. The maximum absolute atomic E-state index is 11.7. The number of hydrogen-bond donors (Lipinski definition) is 2. The third-order valence-corrected chi connectivity index (χ3v) is 3.13. The Kier molecular flexibility index (Phi) is 6.92. The molecular weight excluding hydrogens is 264 g/mol. The van der Waals surface area contributed by atoms with E-state index in [4.69, 9.17) is 0 Å². The fraction of sp³-hybridized carbons (Fsp3) is 0.529. The van der Waals surface area contributed by atoms with Crippen molar-refractivity contribution >= 4 is 11.8 Å². The lowest BCUT2D eigenvalue weighted by Gasteiger charge is -2.17. The van der Waals surface area contributed by atoms with Crippen molar-refractivity contribution in [3.8, 4) is 0 Å². The maximum Gasteiger partial charge on any atom is 0.225 e. The van der Waals surface area contributed by atoms with E-state index in [0.29, 0.717) is 25.9 Å². The van der Waals surface area contributed by atoms with Crippen LogP contribution in [0.25, 0.3) is 0 Å². The van der Waals surface area contributed by atoms with E-state index in [0.717, 1.165) is 6.42 Å². The van der Waals surface area contributed by atoms with Crippen LogP contribution >= 0.6 is 0 Å². The van der Waals surface area contributed by atoms with Gasteiger partial charge in [-0.2, -0.15) is 0 Å². The fourth-order valence-electron chi connectivity index (χ4n) is 1.80. The van der Waals surface area contributed by atoms with Gasteiger partial charge >= 0.3 is 0 Å². The number of hydrogen-bond acceptors (Lipinski definition) is 2. The zero-order chi connectivity index (χ0) is 15.7. The highest BCUT2D eigenvalue weighted by Gasteiger charge is 2.20. The zero-order valence-electron chi connectivity index (χ0n) is 13.2. The van der Waals surface area contributed by atoms with Crippen molar-refractivity contribution < 1.29 is 9.59 Å². The van der Waals surface area contributed by atoms with Crippen molar-refractivity contribution in [3.05, 3.63) is 35.9 Å². The molecule has 0 radical (unpaired) electrons. The van der Waals surface area contributed by atoms with Crippen LogP contribution in [0.15, 0.2) is 30.3 Å². The van der Waals surface area contributed by atoms with E-state index >= 15 is 0 Å². The number of carbonyl (C=O) groups excluding carboxylic acids is 2. The summed E-state index contributed by atoms with van der Waals surface area (Å²) in [6.45, 7) is 6.81. The quantitative estimate of drug-likeness (QED) is 0.757. The van der Waals surface area contributed by atoms with Crippen LogP contribution in [0.2, 0.25) is 0 Å². The summed E-state index contributed by atoms with van der Waals surface area (Å²) in [5.74, 6) is 0.0583. The molecule has 0 saturated heterocycles. The molecule has 0 bridgehead atoms. The Labute approximate surface area is 127 Å². The second kappa shape index (κ2) is 8.45. The van der Waals surface area contributed by atoms with Gasteiger partial charge in [0.2, 0.25) is 11.8 Å². The molecule has 0 fully saturated rings. The molecule has 0 aromatic heterocycles. The van der Waals surface area contributed by atoms with Crippen molar-refractivity contribution in [2.45, 2.75) is 40.0 Å². The zero-order valence-corrected chi connectivity index (χ0v) is 13.2. The van der Waals surface area contributed by atoms with Gasteiger partial charge in [0.25, 0.3) is 0 Å². The lowest BCUT2D eigenvalue weighted by Crippen LogP contribution is -2.35. The molecule has 21 heavy (non-hydrogen) atoms. The molecule has 0 spiro atoms. The summed E-state index contributed by atoms with van der Waals surface area (Å²) >= 11 is 0. The molecule has 1 aromatic carbocycles. The van der Waals surface area contributed by atoms with Gasteiger partial charge < -0.3 is 10.6 Å². The molecule has 0 saturated carbocycles. The fourth-order valence-corrected chi connectivity index (χ4v) is 1.80. The van der Waals surface area contributed by atoms with E-state index in [1.807, 2.05) is 51.1 Å². The summed E-state index contributed by atoms with van der Waals surface area (Å²) in [4.78, 5) is 23.3. The highest BCUT2D eigenvalue weighted by Crippen LogP contribution is 2.12. The Balaban J connectivity index is 2.08. The van der Waals surface area contributed by atoms with Crippen LogP contribution < -0.4 is 10.6 Å². The molecule has 4 heteroatoms. The van der Waals surface area contributed by atoms with Crippen LogP contribution in [-0.2, 0) is 16.0 Å². The SMILES string of the molecule is CC(C)(C)C(=O)NCCCC(=O)NCCc1ccccc1.